The molecule has 2 aromatic carbocycles. The van der Waals surface area contributed by atoms with Crippen molar-refractivity contribution in [2.24, 2.45) is 0 Å². The van der Waals surface area contributed by atoms with Crippen LogP contribution in [0.25, 0.3) is 16.7 Å². The lowest BCUT2D eigenvalue weighted by atomic mass is 9.82. The van der Waals surface area contributed by atoms with Crippen molar-refractivity contribution < 1.29 is 14.6 Å². The number of halogens is 1. The van der Waals surface area contributed by atoms with Gasteiger partial charge in [0.1, 0.15) is 5.57 Å². The molecule has 1 saturated carbocycles. The molecule has 0 unspecified atom stereocenters. The van der Waals surface area contributed by atoms with Gasteiger partial charge in [-0.2, -0.15) is 0 Å². The Hall–Kier alpha value is -1.91. The van der Waals surface area contributed by atoms with Gasteiger partial charge in [0.2, 0.25) is 0 Å². The number of aryl methyl sites for hydroxylation is 1. The van der Waals surface area contributed by atoms with Crippen molar-refractivity contribution in [2.75, 3.05) is 6.26 Å². The molecule has 2 aliphatic rings. The van der Waals surface area contributed by atoms with Crippen LogP contribution in [0.2, 0.25) is 5.02 Å². The molecule has 2 aromatic rings. The predicted octanol–water partition coefficient (Wildman–Crippen LogP) is 6.57. The summed E-state index contributed by atoms with van der Waals surface area (Å²) in [6.45, 7) is 1.94. The number of carbonyl (C=O) groups is 1. The average Bonchev–Trinajstić information content (AvgIpc) is 2.93. The first kappa shape index (κ1) is 19.4. The second-order valence-corrected chi connectivity index (χ2v) is 8.83. The maximum Gasteiger partial charge on any atom is 0.343 e. The smallest absolute Gasteiger partial charge is 0.343 e. The quantitative estimate of drug-likeness (QED) is 0.456. The van der Waals surface area contributed by atoms with Crippen LogP contribution in [0, 0.1) is 6.92 Å². The second kappa shape index (κ2) is 7.49. The van der Waals surface area contributed by atoms with Crippen LogP contribution < -0.4 is 0 Å². The largest absolute Gasteiger partial charge is 0.507 e. The van der Waals surface area contributed by atoms with Gasteiger partial charge in [-0.1, -0.05) is 30.2 Å². The van der Waals surface area contributed by atoms with Gasteiger partial charge in [0.25, 0.3) is 0 Å². The van der Waals surface area contributed by atoms with E-state index in [0.717, 1.165) is 40.8 Å². The summed E-state index contributed by atoms with van der Waals surface area (Å²) in [4.78, 5) is 13.8. The van der Waals surface area contributed by atoms with E-state index < -0.39 is 11.6 Å². The summed E-state index contributed by atoms with van der Waals surface area (Å²) in [6.07, 6.45) is 6.42. The number of benzene rings is 2. The summed E-state index contributed by atoms with van der Waals surface area (Å²) in [5.74, 6) is -0.371. The SMILES string of the molecule is CSc1cccc(-c2cc(C)c(C3=C(O)C4(CCCCC4)OC3=O)cc2Cl)c1. The van der Waals surface area contributed by atoms with Crippen molar-refractivity contribution in [3.8, 4) is 11.1 Å². The fourth-order valence-corrected chi connectivity index (χ4v) is 5.00. The first-order valence-corrected chi connectivity index (χ1v) is 11.2. The summed E-state index contributed by atoms with van der Waals surface area (Å²) in [6, 6.07) is 12.0. The van der Waals surface area contributed by atoms with Crippen LogP contribution in [-0.4, -0.2) is 22.9 Å². The third kappa shape index (κ3) is 3.23. The van der Waals surface area contributed by atoms with E-state index in [4.69, 9.17) is 16.3 Å². The molecular weight excluding hydrogens is 392 g/mol. The lowest BCUT2D eigenvalue weighted by molar-refractivity contribution is -0.149. The highest BCUT2D eigenvalue weighted by molar-refractivity contribution is 7.98. The van der Waals surface area contributed by atoms with Gasteiger partial charge >= 0.3 is 5.97 Å². The van der Waals surface area contributed by atoms with Gasteiger partial charge in [0.15, 0.2) is 11.4 Å². The molecule has 146 valence electrons. The molecule has 0 aromatic heterocycles. The van der Waals surface area contributed by atoms with Crippen LogP contribution in [0.3, 0.4) is 0 Å². The number of hydrogen-bond acceptors (Lipinski definition) is 4. The maximum absolute atomic E-state index is 12.7. The minimum atomic E-state index is -0.838. The first-order valence-electron chi connectivity index (χ1n) is 9.57. The summed E-state index contributed by atoms with van der Waals surface area (Å²) in [5, 5.41) is 11.5. The van der Waals surface area contributed by atoms with E-state index in [0.29, 0.717) is 23.4 Å². The van der Waals surface area contributed by atoms with Crippen molar-refractivity contribution in [2.45, 2.75) is 49.5 Å². The minimum Gasteiger partial charge on any atom is -0.507 e. The van der Waals surface area contributed by atoms with Gasteiger partial charge < -0.3 is 9.84 Å². The molecule has 1 aliphatic carbocycles. The Balaban J connectivity index is 1.79. The third-order valence-electron chi connectivity index (χ3n) is 5.79. The number of aliphatic hydroxyl groups is 1. The monoisotopic (exact) mass is 414 g/mol. The molecule has 3 nitrogen and oxygen atoms in total. The number of rotatable bonds is 3. The second-order valence-electron chi connectivity index (χ2n) is 7.55. The Morgan fingerprint density at radius 1 is 1.11 bits per heavy atom. The van der Waals surface area contributed by atoms with Gasteiger partial charge in [-0.25, -0.2) is 4.79 Å². The Bertz CT molecular complexity index is 974. The Kier molecular flexibility index (Phi) is 5.19. The number of ether oxygens (including phenoxy) is 1. The maximum atomic E-state index is 12.7. The molecule has 5 heteroatoms. The van der Waals surface area contributed by atoms with E-state index in [2.05, 4.69) is 12.1 Å². The summed E-state index contributed by atoms with van der Waals surface area (Å²) in [7, 11) is 0. The van der Waals surface area contributed by atoms with Crippen LogP contribution in [-0.2, 0) is 9.53 Å². The van der Waals surface area contributed by atoms with Crippen molar-refractivity contribution in [3.63, 3.8) is 0 Å². The number of hydrogen-bond donors (Lipinski definition) is 1. The average molecular weight is 415 g/mol. The molecule has 1 N–H and O–H groups in total. The van der Waals surface area contributed by atoms with Crippen molar-refractivity contribution >= 4 is 34.9 Å². The van der Waals surface area contributed by atoms with Gasteiger partial charge in [0, 0.05) is 15.5 Å². The number of aliphatic hydroxyl groups excluding tert-OH is 1. The van der Waals surface area contributed by atoms with Gasteiger partial charge in [0.05, 0.1) is 0 Å². The Morgan fingerprint density at radius 3 is 2.57 bits per heavy atom. The third-order valence-corrected chi connectivity index (χ3v) is 6.82. The van der Waals surface area contributed by atoms with Crippen LogP contribution in [0.5, 0.6) is 0 Å². The summed E-state index contributed by atoms with van der Waals surface area (Å²) in [5.41, 5.74) is 2.92. The molecule has 0 amide bonds. The molecular formula is C23H23ClO3S. The predicted molar refractivity (Wildman–Crippen MR) is 115 cm³/mol. The fraction of sp³-hybridized carbons (Fsp3) is 0.348. The highest BCUT2D eigenvalue weighted by Crippen LogP contribution is 2.46. The molecule has 0 saturated heterocycles. The number of carbonyl (C=O) groups excluding carboxylic acids is 1. The zero-order chi connectivity index (χ0) is 19.9. The number of thioether (sulfide) groups is 1. The number of esters is 1. The molecule has 28 heavy (non-hydrogen) atoms. The van der Waals surface area contributed by atoms with E-state index in [9.17, 15) is 9.90 Å². The lowest BCUT2D eigenvalue weighted by Crippen LogP contribution is -2.34. The van der Waals surface area contributed by atoms with E-state index in [-0.39, 0.29) is 11.3 Å². The molecule has 0 radical (unpaired) electrons. The van der Waals surface area contributed by atoms with Crippen LogP contribution in [0.15, 0.2) is 47.1 Å². The van der Waals surface area contributed by atoms with E-state index in [1.165, 1.54) is 0 Å². The molecule has 1 heterocycles. The zero-order valence-corrected chi connectivity index (χ0v) is 17.6. The highest BCUT2D eigenvalue weighted by atomic mass is 35.5. The molecule has 1 aliphatic heterocycles. The minimum absolute atomic E-state index is 0.0773. The normalized spacial score (nSPS) is 18.6. The molecule has 1 fully saturated rings. The Morgan fingerprint density at radius 2 is 1.86 bits per heavy atom. The van der Waals surface area contributed by atoms with E-state index >= 15 is 0 Å². The standard InChI is InChI=1S/C23H23ClO3S/c1-14-11-18(15-7-6-8-16(12-15)28-2)19(24)13-17(14)20-21(25)23(27-22(20)26)9-4-3-5-10-23/h6-8,11-13,25H,3-5,9-10H2,1-2H3. The van der Waals surface area contributed by atoms with E-state index in [1.807, 2.05) is 31.4 Å². The summed E-state index contributed by atoms with van der Waals surface area (Å²) >= 11 is 8.30. The zero-order valence-electron chi connectivity index (χ0n) is 16.0. The Labute approximate surface area is 174 Å². The van der Waals surface area contributed by atoms with E-state index in [1.54, 1.807) is 17.8 Å². The van der Waals surface area contributed by atoms with Crippen molar-refractivity contribution in [1.82, 2.24) is 0 Å². The van der Waals surface area contributed by atoms with Crippen LogP contribution in [0.1, 0.15) is 43.2 Å². The van der Waals surface area contributed by atoms with Gasteiger partial charge in [-0.15, -0.1) is 11.8 Å². The highest BCUT2D eigenvalue weighted by Gasteiger charge is 2.49. The van der Waals surface area contributed by atoms with Crippen molar-refractivity contribution in [3.05, 3.63) is 58.3 Å². The fourth-order valence-electron chi connectivity index (χ4n) is 4.26. The van der Waals surface area contributed by atoms with Crippen LogP contribution in [0.4, 0.5) is 0 Å². The van der Waals surface area contributed by atoms with Gasteiger partial charge in [-0.05, 0) is 79.8 Å². The summed E-state index contributed by atoms with van der Waals surface area (Å²) < 4.78 is 5.70. The molecule has 1 spiro atoms. The lowest BCUT2D eigenvalue weighted by Gasteiger charge is -2.31. The topological polar surface area (TPSA) is 46.5 Å². The van der Waals surface area contributed by atoms with Crippen LogP contribution >= 0.6 is 23.4 Å². The molecule has 0 atom stereocenters. The molecule has 4 rings (SSSR count). The van der Waals surface area contributed by atoms with Gasteiger partial charge in [-0.3, -0.25) is 0 Å². The van der Waals surface area contributed by atoms with Crippen molar-refractivity contribution in [1.29, 1.82) is 0 Å². The molecule has 0 bridgehead atoms. The first-order chi connectivity index (χ1) is 13.4.